The predicted molar refractivity (Wildman–Crippen MR) is 78.1 cm³/mol. The fraction of sp³-hybridized carbons (Fsp3) is 0.286. The van der Waals surface area contributed by atoms with Crippen LogP contribution in [-0.4, -0.2) is 10.9 Å². The molecule has 0 spiro atoms. The van der Waals surface area contributed by atoms with E-state index in [4.69, 9.17) is 0 Å². The lowest BCUT2D eigenvalue weighted by Crippen LogP contribution is -2.15. The fourth-order valence-corrected chi connectivity index (χ4v) is 2.58. The van der Waals surface area contributed by atoms with Crippen LogP contribution in [0.5, 0.6) is 0 Å². The lowest BCUT2D eigenvalue weighted by Gasteiger charge is -2.07. The van der Waals surface area contributed by atoms with Gasteiger partial charge < -0.3 is 10.6 Å². The van der Waals surface area contributed by atoms with Gasteiger partial charge in [0.05, 0.1) is 11.4 Å². The summed E-state index contributed by atoms with van der Waals surface area (Å²) in [5, 5.41) is 8.16. The smallest absolute Gasteiger partial charge is 0.221 e. The van der Waals surface area contributed by atoms with Crippen molar-refractivity contribution in [3.8, 4) is 0 Å². The number of rotatable bonds is 5. The minimum Gasteiger partial charge on any atom is -0.325 e. The molecule has 100 valence electrons. The number of anilines is 1. The van der Waals surface area contributed by atoms with E-state index >= 15 is 0 Å². The van der Waals surface area contributed by atoms with Gasteiger partial charge in [0.1, 0.15) is 0 Å². The van der Waals surface area contributed by atoms with Crippen molar-refractivity contribution >= 4 is 22.9 Å². The number of aryl methyl sites for hydroxylation is 1. The first-order chi connectivity index (χ1) is 9.16. The number of amides is 1. The van der Waals surface area contributed by atoms with E-state index in [1.54, 1.807) is 17.5 Å². The van der Waals surface area contributed by atoms with Crippen LogP contribution < -0.4 is 10.6 Å². The summed E-state index contributed by atoms with van der Waals surface area (Å²) >= 11 is 1.63. The number of nitrogens with one attached hydrogen (secondary N) is 2. The summed E-state index contributed by atoms with van der Waals surface area (Å²) in [5.74, 6) is -0.0415. The Balaban J connectivity index is 1.91. The third kappa shape index (κ3) is 3.87. The number of carbonyl (C=O) groups excluding carboxylic acids is 1. The molecule has 0 aromatic carbocycles. The molecule has 2 N–H and O–H groups in total. The Morgan fingerprint density at radius 2 is 2.21 bits per heavy atom. The molecule has 2 aromatic rings. The van der Waals surface area contributed by atoms with E-state index in [0.717, 1.165) is 29.3 Å². The van der Waals surface area contributed by atoms with Gasteiger partial charge in [-0.3, -0.25) is 9.78 Å². The SMILES string of the molecule is CC(=O)Nc1ccsc1CNCc1ncccc1C. The molecular formula is C14H17N3OS. The van der Waals surface area contributed by atoms with Crippen LogP contribution in [0.1, 0.15) is 23.1 Å². The maximum absolute atomic E-state index is 11.1. The summed E-state index contributed by atoms with van der Waals surface area (Å²) in [6.07, 6.45) is 1.80. The molecule has 0 aliphatic heterocycles. The standard InChI is InChI=1S/C14H17N3OS/c1-10-4-3-6-16-13(10)8-15-9-14-12(5-7-19-14)17-11(2)18/h3-7,15H,8-9H2,1-2H3,(H,17,18). The molecule has 2 rings (SSSR count). The molecule has 0 atom stereocenters. The Morgan fingerprint density at radius 1 is 1.37 bits per heavy atom. The normalized spacial score (nSPS) is 10.4. The van der Waals surface area contributed by atoms with Crippen LogP contribution >= 0.6 is 11.3 Å². The molecule has 0 saturated carbocycles. The van der Waals surface area contributed by atoms with Crippen LogP contribution in [-0.2, 0) is 17.9 Å². The quantitative estimate of drug-likeness (QED) is 0.882. The lowest BCUT2D eigenvalue weighted by atomic mass is 10.2. The fourth-order valence-electron chi connectivity index (χ4n) is 1.78. The van der Waals surface area contributed by atoms with Crippen molar-refractivity contribution in [2.45, 2.75) is 26.9 Å². The first-order valence-electron chi connectivity index (χ1n) is 6.12. The van der Waals surface area contributed by atoms with Gasteiger partial charge in [0.2, 0.25) is 5.91 Å². The predicted octanol–water partition coefficient (Wildman–Crippen LogP) is 2.70. The Labute approximate surface area is 116 Å². The number of pyridine rings is 1. The van der Waals surface area contributed by atoms with E-state index in [-0.39, 0.29) is 5.91 Å². The van der Waals surface area contributed by atoms with Crippen molar-refractivity contribution < 1.29 is 4.79 Å². The van der Waals surface area contributed by atoms with E-state index in [1.807, 2.05) is 17.5 Å². The molecule has 0 radical (unpaired) electrons. The maximum Gasteiger partial charge on any atom is 0.221 e. The summed E-state index contributed by atoms with van der Waals surface area (Å²) in [5.41, 5.74) is 3.13. The van der Waals surface area contributed by atoms with Gasteiger partial charge >= 0.3 is 0 Å². The van der Waals surface area contributed by atoms with Crippen LogP contribution in [0.3, 0.4) is 0 Å². The summed E-state index contributed by atoms with van der Waals surface area (Å²) in [4.78, 5) is 16.5. The Kier molecular flexibility index (Phi) is 4.65. The number of aromatic nitrogens is 1. The number of carbonyl (C=O) groups is 1. The Hall–Kier alpha value is -1.72. The Morgan fingerprint density at radius 3 is 2.95 bits per heavy atom. The van der Waals surface area contributed by atoms with Crippen molar-refractivity contribution in [3.63, 3.8) is 0 Å². The Bertz CT molecular complexity index is 565. The highest BCUT2D eigenvalue weighted by Crippen LogP contribution is 2.22. The molecule has 1 amide bonds. The maximum atomic E-state index is 11.1. The number of thiophene rings is 1. The van der Waals surface area contributed by atoms with Gasteiger partial charge in [-0.2, -0.15) is 0 Å². The van der Waals surface area contributed by atoms with E-state index in [9.17, 15) is 4.79 Å². The number of nitrogens with zero attached hydrogens (tertiary/aromatic N) is 1. The first kappa shape index (κ1) is 13.7. The molecule has 2 heterocycles. The van der Waals surface area contributed by atoms with Crippen molar-refractivity contribution in [2.75, 3.05) is 5.32 Å². The zero-order chi connectivity index (χ0) is 13.7. The molecule has 5 heteroatoms. The summed E-state index contributed by atoms with van der Waals surface area (Å²) < 4.78 is 0. The van der Waals surface area contributed by atoms with Gasteiger partial charge in [-0.25, -0.2) is 0 Å². The largest absolute Gasteiger partial charge is 0.325 e. The molecule has 0 fully saturated rings. The van der Waals surface area contributed by atoms with Crippen molar-refractivity contribution in [1.29, 1.82) is 0 Å². The average molecular weight is 275 g/mol. The molecule has 0 aliphatic rings. The van der Waals surface area contributed by atoms with Gasteiger partial charge in [-0.05, 0) is 30.0 Å². The third-order valence-electron chi connectivity index (χ3n) is 2.75. The molecule has 0 bridgehead atoms. The molecule has 2 aromatic heterocycles. The highest BCUT2D eigenvalue weighted by molar-refractivity contribution is 7.10. The van der Waals surface area contributed by atoms with Gasteiger partial charge in [0.15, 0.2) is 0 Å². The summed E-state index contributed by atoms with van der Waals surface area (Å²) in [6, 6.07) is 5.92. The van der Waals surface area contributed by atoms with Crippen LogP contribution in [0.15, 0.2) is 29.8 Å². The van der Waals surface area contributed by atoms with E-state index in [0.29, 0.717) is 0 Å². The second kappa shape index (κ2) is 6.45. The summed E-state index contributed by atoms with van der Waals surface area (Å²) in [7, 11) is 0. The number of hydrogen-bond donors (Lipinski definition) is 2. The molecule has 0 aliphatic carbocycles. The zero-order valence-electron chi connectivity index (χ0n) is 11.1. The number of hydrogen-bond acceptors (Lipinski definition) is 4. The molecule has 0 unspecified atom stereocenters. The third-order valence-corrected chi connectivity index (χ3v) is 3.67. The van der Waals surface area contributed by atoms with Gasteiger partial charge in [-0.15, -0.1) is 11.3 Å². The van der Waals surface area contributed by atoms with Crippen molar-refractivity contribution in [1.82, 2.24) is 10.3 Å². The van der Waals surface area contributed by atoms with E-state index in [1.165, 1.54) is 12.5 Å². The zero-order valence-corrected chi connectivity index (χ0v) is 11.9. The van der Waals surface area contributed by atoms with Crippen molar-refractivity contribution in [3.05, 3.63) is 45.9 Å². The van der Waals surface area contributed by atoms with Crippen LogP contribution in [0.25, 0.3) is 0 Å². The monoisotopic (exact) mass is 275 g/mol. The van der Waals surface area contributed by atoms with Crippen LogP contribution in [0, 0.1) is 6.92 Å². The molecule has 0 saturated heterocycles. The minimum atomic E-state index is -0.0415. The summed E-state index contributed by atoms with van der Waals surface area (Å²) in [6.45, 7) is 5.03. The van der Waals surface area contributed by atoms with Crippen LogP contribution in [0.2, 0.25) is 0 Å². The highest BCUT2D eigenvalue weighted by atomic mass is 32.1. The lowest BCUT2D eigenvalue weighted by molar-refractivity contribution is -0.114. The van der Waals surface area contributed by atoms with E-state index in [2.05, 4.69) is 28.6 Å². The van der Waals surface area contributed by atoms with E-state index < -0.39 is 0 Å². The average Bonchev–Trinajstić information content (AvgIpc) is 2.78. The van der Waals surface area contributed by atoms with Crippen LogP contribution in [0.4, 0.5) is 5.69 Å². The second-order valence-corrected chi connectivity index (χ2v) is 5.31. The van der Waals surface area contributed by atoms with Gasteiger partial charge in [0.25, 0.3) is 0 Å². The molecule has 19 heavy (non-hydrogen) atoms. The second-order valence-electron chi connectivity index (χ2n) is 4.31. The topological polar surface area (TPSA) is 54.0 Å². The van der Waals surface area contributed by atoms with Gasteiger partial charge in [0, 0.05) is 31.1 Å². The highest BCUT2D eigenvalue weighted by Gasteiger charge is 2.06. The molecular weight excluding hydrogens is 258 g/mol. The van der Waals surface area contributed by atoms with Crippen molar-refractivity contribution in [2.24, 2.45) is 0 Å². The molecule has 4 nitrogen and oxygen atoms in total. The first-order valence-corrected chi connectivity index (χ1v) is 7.00. The minimum absolute atomic E-state index is 0.0415. The van der Waals surface area contributed by atoms with Gasteiger partial charge in [-0.1, -0.05) is 6.07 Å².